The third kappa shape index (κ3) is 3.50. The highest BCUT2D eigenvalue weighted by atomic mass is 32.1. The van der Waals surface area contributed by atoms with Crippen LogP contribution in [-0.2, 0) is 0 Å². The first kappa shape index (κ1) is 15.1. The zero-order valence-corrected chi connectivity index (χ0v) is 13.2. The van der Waals surface area contributed by atoms with Crippen molar-refractivity contribution in [3.8, 4) is 6.07 Å². The van der Waals surface area contributed by atoms with Crippen LogP contribution in [0.25, 0.3) is 6.08 Å². The van der Waals surface area contributed by atoms with Crippen LogP contribution in [-0.4, -0.2) is 10.7 Å². The Kier molecular flexibility index (Phi) is 4.56. The Hall–Kier alpha value is -2.83. The average molecular weight is 314 g/mol. The van der Waals surface area contributed by atoms with Gasteiger partial charge in [-0.2, -0.15) is 5.26 Å². The minimum absolute atomic E-state index is 0.418. The molecule has 1 unspecified atom stereocenters. The lowest BCUT2D eigenvalue weighted by Crippen LogP contribution is -2.18. The molecule has 23 heavy (non-hydrogen) atoms. The smallest absolute Gasteiger partial charge is 0.125 e. The van der Waals surface area contributed by atoms with Crippen LogP contribution in [0, 0.1) is 17.2 Å². The summed E-state index contributed by atoms with van der Waals surface area (Å²) in [6, 6.07) is 22.1. The molecular formula is C20H14N2S. The number of allylic oxidation sites excluding steroid dienone is 2. The molecule has 0 N–H and O–H groups in total. The Bertz CT molecular complexity index is 840. The van der Waals surface area contributed by atoms with E-state index in [1.54, 1.807) is 0 Å². The SMILES string of the molecule is N#CC1C(=S)N=C(c2ccccc2)C=C1/C=C/c1ccccc1. The third-order valence-corrected chi connectivity index (χ3v) is 3.91. The first-order chi connectivity index (χ1) is 11.3. The lowest BCUT2D eigenvalue weighted by Gasteiger charge is -2.16. The van der Waals surface area contributed by atoms with Crippen molar-refractivity contribution in [3.63, 3.8) is 0 Å². The molecule has 1 heterocycles. The van der Waals surface area contributed by atoms with Crippen LogP contribution in [0.2, 0.25) is 0 Å². The van der Waals surface area contributed by atoms with Gasteiger partial charge in [0, 0.05) is 5.56 Å². The van der Waals surface area contributed by atoms with E-state index in [9.17, 15) is 5.26 Å². The molecule has 110 valence electrons. The van der Waals surface area contributed by atoms with Gasteiger partial charge in [-0.25, -0.2) is 4.99 Å². The molecule has 0 aliphatic carbocycles. The number of aliphatic imine (C=N–C) groups is 1. The molecule has 0 saturated carbocycles. The van der Waals surface area contributed by atoms with Crippen molar-refractivity contribution in [1.82, 2.24) is 0 Å². The summed E-state index contributed by atoms with van der Waals surface area (Å²) in [5, 5.41) is 9.40. The molecule has 2 aromatic rings. The largest absolute Gasteiger partial charge is 0.239 e. The topological polar surface area (TPSA) is 36.1 Å². The number of nitrogens with zero attached hydrogens (tertiary/aromatic N) is 2. The maximum Gasteiger partial charge on any atom is 0.125 e. The summed E-state index contributed by atoms with van der Waals surface area (Å²) in [5.41, 5.74) is 3.75. The molecular weight excluding hydrogens is 300 g/mol. The van der Waals surface area contributed by atoms with Crippen LogP contribution in [0.15, 0.2) is 83.4 Å². The highest BCUT2D eigenvalue weighted by Crippen LogP contribution is 2.23. The van der Waals surface area contributed by atoms with E-state index in [-0.39, 0.29) is 0 Å². The second kappa shape index (κ2) is 6.95. The number of hydrogen-bond donors (Lipinski definition) is 0. The van der Waals surface area contributed by atoms with E-state index in [2.05, 4.69) is 11.1 Å². The molecule has 3 heteroatoms. The van der Waals surface area contributed by atoms with Crippen molar-refractivity contribution in [3.05, 3.63) is 89.5 Å². The zero-order chi connectivity index (χ0) is 16.1. The van der Waals surface area contributed by atoms with Gasteiger partial charge in [-0.3, -0.25) is 0 Å². The maximum atomic E-state index is 9.40. The Labute approximate surface area is 141 Å². The van der Waals surface area contributed by atoms with E-state index >= 15 is 0 Å². The number of benzene rings is 2. The van der Waals surface area contributed by atoms with E-state index in [1.807, 2.05) is 78.9 Å². The lowest BCUT2D eigenvalue weighted by molar-refractivity contribution is 1.08. The molecule has 0 fully saturated rings. The lowest BCUT2D eigenvalue weighted by atomic mass is 9.93. The van der Waals surface area contributed by atoms with Gasteiger partial charge in [0.1, 0.15) is 10.9 Å². The molecule has 0 saturated heterocycles. The highest BCUT2D eigenvalue weighted by Gasteiger charge is 2.22. The number of dihydropyridines is 1. The first-order valence-corrected chi connectivity index (χ1v) is 7.71. The quantitative estimate of drug-likeness (QED) is 0.776. The van der Waals surface area contributed by atoms with Crippen LogP contribution < -0.4 is 0 Å². The minimum Gasteiger partial charge on any atom is -0.239 e. The van der Waals surface area contributed by atoms with Gasteiger partial charge in [-0.15, -0.1) is 0 Å². The second-order valence-electron chi connectivity index (χ2n) is 5.15. The van der Waals surface area contributed by atoms with Crippen LogP contribution in [0.1, 0.15) is 11.1 Å². The highest BCUT2D eigenvalue weighted by molar-refractivity contribution is 7.80. The molecule has 1 aliphatic rings. The van der Waals surface area contributed by atoms with E-state index in [0.717, 1.165) is 22.4 Å². The Morgan fingerprint density at radius 3 is 2.26 bits per heavy atom. The molecule has 0 bridgehead atoms. The molecule has 2 nitrogen and oxygen atoms in total. The first-order valence-electron chi connectivity index (χ1n) is 7.30. The molecule has 1 aliphatic heterocycles. The summed E-state index contributed by atoms with van der Waals surface area (Å²) < 4.78 is 0. The zero-order valence-electron chi connectivity index (χ0n) is 12.4. The summed E-state index contributed by atoms with van der Waals surface area (Å²) in [7, 11) is 0. The van der Waals surface area contributed by atoms with Crippen LogP contribution >= 0.6 is 12.2 Å². The standard InChI is InChI=1S/C20H14N2S/c21-14-18-17(12-11-15-7-3-1-4-8-15)13-19(22-20(18)23)16-9-5-2-6-10-16/h1-13,18H/b12-11+. The number of thiocarbonyl (C=S) groups is 1. The summed E-state index contributed by atoms with van der Waals surface area (Å²) in [6.45, 7) is 0. The Morgan fingerprint density at radius 1 is 0.957 bits per heavy atom. The molecule has 2 aromatic carbocycles. The number of nitriles is 1. The van der Waals surface area contributed by atoms with E-state index in [1.165, 1.54) is 0 Å². The van der Waals surface area contributed by atoms with Gasteiger partial charge >= 0.3 is 0 Å². The molecule has 3 rings (SSSR count). The molecule has 0 radical (unpaired) electrons. The van der Waals surface area contributed by atoms with Gasteiger partial charge in [-0.1, -0.05) is 85.0 Å². The summed E-state index contributed by atoms with van der Waals surface area (Å²) >= 11 is 5.33. The Balaban J connectivity index is 1.97. The van der Waals surface area contributed by atoms with Crippen molar-refractivity contribution < 1.29 is 0 Å². The molecule has 0 amide bonds. The van der Waals surface area contributed by atoms with Crippen LogP contribution in [0.4, 0.5) is 0 Å². The fourth-order valence-electron chi connectivity index (χ4n) is 2.39. The Morgan fingerprint density at radius 2 is 1.61 bits per heavy atom. The second-order valence-corrected chi connectivity index (χ2v) is 5.57. The predicted octanol–water partition coefficient (Wildman–Crippen LogP) is 4.60. The monoisotopic (exact) mass is 314 g/mol. The average Bonchev–Trinajstić information content (AvgIpc) is 2.61. The van der Waals surface area contributed by atoms with E-state index in [0.29, 0.717) is 4.99 Å². The third-order valence-electron chi connectivity index (χ3n) is 3.58. The molecule has 0 spiro atoms. The van der Waals surface area contributed by atoms with Gasteiger partial charge in [0.25, 0.3) is 0 Å². The van der Waals surface area contributed by atoms with E-state index < -0.39 is 5.92 Å². The van der Waals surface area contributed by atoms with Crippen molar-refractivity contribution in [1.29, 1.82) is 5.26 Å². The van der Waals surface area contributed by atoms with Crippen molar-refractivity contribution >= 4 is 29.0 Å². The maximum absolute atomic E-state index is 9.40. The van der Waals surface area contributed by atoms with Gasteiger partial charge in [0.05, 0.1) is 11.8 Å². The normalized spacial score (nSPS) is 17.5. The van der Waals surface area contributed by atoms with Crippen molar-refractivity contribution in [2.75, 3.05) is 0 Å². The molecule has 0 aromatic heterocycles. The summed E-state index contributed by atoms with van der Waals surface area (Å²) in [5.74, 6) is -0.475. The van der Waals surface area contributed by atoms with Gasteiger partial charge < -0.3 is 0 Å². The van der Waals surface area contributed by atoms with E-state index in [4.69, 9.17) is 12.2 Å². The summed E-state index contributed by atoms with van der Waals surface area (Å²) in [4.78, 5) is 4.84. The van der Waals surface area contributed by atoms with Crippen molar-refractivity contribution in [2.45, 2.75) is 0 Å². The van der Waals surface area contributed by atoms with Gasteiger partial charge in [0.15, 0.2) is 0 Å². The van der Waals surface area contributed by atoms with Crippen LogP contribution in [0.5, 0.6) is 0 Å². The number of hydrogen-bond acceptors (Lipinski definition) is 2. The number of rotatable bonds is 3. The van der Waals surface area contributed by atoms with Gasteiger partial charge in [0.2, 0.25) is 0 Å². The predicted molar refractivity (Wildman–Crippen MR) is 98.2 cm³/mol. The van der Waals surface area contributed by atoms with Crippen molar-refractivity contribution in [2.24, 2.45) is 10.9 Å². The fraction of sp³-hybridized carbons (Fsp3) is 0.0500. The fourth-order valence-corrected chi connectivity index (χ4v) is 2.67. The minimum atomic E-state index is -0.475. The van der Waals surface area contributed by atoms with Crippen LogP contribution in [0.3, 0.4) is 0 Å². The summed E-state index contributed by atoms with van der Waals surface area (Å²) in [6.07, 6.45) is 5.89. The van der Waals surface area contributed by atoms with Gasteiger partial charge in [-0.05, 0) is 17.2 Å². The molecule has 1 atom stereocenters.